The fraction of sp³-hybridized carbons (Fsp3) is 0.262. The number of alkyl halides is 9. The van der Waals surface area contributed by atoms with Gasteiger partial charge in [0.25, 0.3) is 23.6 Å². The third-order valence-corrected chi connectivity index (χ3v) is 19.0. The van der Waals surface area contributed by atoms with Crippen molar-refractivity contribution < 1.29 is 106 Å². The number of hydrogen-bond donors (Lipinski definition) is 4. The number of nitrogens with zero attached hydrogens (tertiary/aromatic N) is 2. The molecule has 0 fully saturated rings. The van der Waals surface area contributed by atoms with Gasteiger partial charge in [-0.1, -0.05) is 74.8 Å². The molecule has 113 heavy (non-hydrogen) atoms. The first-order valence-corrected chi connectivity index (χ1v) is 35.5. The lowest BCUT2D eigenvalue weighted by Gasteiger charge is -2.32. The molecule has 0 aromatic heterocycles. The SMILES string of the molecule is C=C(C)C(=O)CCCc1ccc(Oc2cc3c4c(cc(Oc5ccc(CCCC(=O)C(=C)C)cc5)c5c6c(Oc7ccc(CCNC(=O)C(=C)C)cc7)cc7c8c(cc(Oc9ccc(CCNC(=O)C(=C)C)cc9)c(c2c45)c86)C(=O)N(CC(=O)NC(C)C(F)(F)F)C7=O)C(=O)N(CC(=O)NC(C(F)(F)F)C(F)(F)F)C3=O)cc1. The molecule has 1 unspecified atom stereocenters. The highest BCUT2D eigenvalue weighted by atomic mass is 19.4. The average molecular weight is 1560 g/mol. The van der Waals surface area contributed by atoms with Gasteiger partial charge >= 0.3 is 18.5 Å². The molecular formula is C84H73F9N6O14. The standard InChI is InChI=1S/C84H73F9N6O14/c1-42(2)59(100)14-10-12-47-16-24-51(25-17-47)110-61-38-57-68-58(80(109)99(79(57)108)41-66(103)97-81(83(88,89)90)84(91,92)93)39-62(111-52-26-18-48(19-27-52)13-11-15-60(101)43(3)4)70-72-64(113-54-30-22-50(23-31-54)33-35-95-76(105)45(7)8)37-56-67-55(77(106)98(78(56)107)40-65(102)96-46(9)82(85,86)87)36-63(71(73(67)72)69(61)74(68)70)112-53-28-20-49(21-29-53)32-34-94-75(104)44(5)6/h16-31,36-39,46,81H,1,3,5,7,10-15,32-35,40-41H2,2,4,6,8-9H3,(H,94,104)(H,95,105)(H,96,102)(H,97,103). The summed E-state index contributed by atoms with van der Waals surface area (Å²) in [5.74, 6) is -11.5. The highest BCUT2D eigenvalue weighted by Gasteiger charge is 2.58. The van der Waals surface area contributed by atoms with Crippen LogP contribution in [0.15, 0.2) is 170 Å². The first-order chi connectivity index (χ1) is 53.3. The van der Waals surface area contributed by atoms with Crippen molar-refractivity contribution in [2.75, 3.05) is 26.2 Å². The van der Waals surface area contributed by atoms with Gasteiger partial charge in [-0.25, -0.2) is 0 Å². The molecule has 0 saturated carbocycles. The van der Waals surface area contributed by atoms with Gasteiger partial charge in [-0.05, 0) is 179 Å². The van der Waals surface area contributed by atoms with Gasteiger partial charge in [0, 0.05) is 80.2 Å². The number of amides is 8. The van der Waals surface area contributed by atoms with Crippen LogP contribution >= 0.6 is 0 Å². The molecular weight excluding hydrogens is 1490 g/mol. The number of halogens is 9. The topological polar surface area (TPSA) is 262 Å². The molecule has 2 aliphatic heterocycles. The zero-order valence-corrected chi connectivity index (χ0v) is 61.5. The molecule has 0 aliphatic carbocycles. The number of carbonyl (C=O) groups is 10. The molecule has 0 bridgehead atoms. The van der Waals surface area contributed by atoms with Crippen LogP contribution in [0.1, 0.15) is 124 Å². The third kappa shape index (κ3) is 17.9. The average Bonchev–Trinajstić information content (AvgIpc) is 0.671. The minimum atomic E-state index is -6.13. The van der Waals surface area contributed by atoms with Crippen molar-refractivity contribution in [1.29, 1.82) is 0 Å². The number of aryl methyl sites for hydroxylation is 2. The zero-order valence-electron chi connectivity index (χ0n) is 61.5. The number of allylic oxidation sites excluding steroid dienone is 2. The maximum Gasteiger partial charge on any atom is 0.417 e. The van der Waals surface area contributed by atoms with Gasteiger partial charge in [-0.3, -0.25) is 57.7 Å². The summed E-state index contributed by atoms with van der Waals surface area (Å²) >= 11 is 0. The number of rotatable bonds is 32. The van der Waals surface area contributed by atoms with E-state index in [0.717, 1.165) is 17.4 Å². The number of fused-ring (bicyclic) bond motifs is 2. The monoisotopic (exact) mass is 1560 g/mol. The first kappa shape index (κ1) is 81.3. The van der Waals surface area contributed by atoms with Gasteiger partial charge < -0.3 is 40.2 Å². The minimum absolute atomic E-state index is 0.00968. The quantitative estimate of drug-likeness (QED) is 0.0100. The van der Waals surface area contributed by atoms with Crippen LogP contribution in [-0.2, 0) is 54.5 Å². The van der Waals surface area contributed by atoms with Gasteiger partial charge in [-0.15, -0.1) is 0 Å². The first-order valence-electron chi connectivity index (χ1n) is 35.5. The van der Waals surface area contributed by atoms with Crippen LogP contribution in [0.4, 0.5) is 39.5 Å². The molecule has 8 amide bonds. The Labute approximate surface area is 639 Å². The van der Waals surface area contributed by atoms with Crippen LogP contribution in [0.5, 0.6) is 46.0 Å². The van der Waals surface area contributed by atoms with Crippen molar-refractivity contribution in [3.05, 3.63) is 214 Å². The lowest BCUT2D eigenvalue weighted by atomic mass is 9.80. The van der Waals surface area contributed by atoms with E-state index in [9.17, 15) is 68.3 Å². The second-order valence-corrected chi connectivity index (χ2v) is 27.7. The summed E-state index contributed by atoms with van der Waals surface area (Å²) in [6, 6.07) is 22.8. The maximum absolute atomic E-state index is 15.6. The Kier molecular flexibility index (Phi) is 23.5. The van der Waals surface area contributed by atoms with E-state index >= 15 is 19.2 Å². The minimum Gasteiger partial charge on any atom is -0.457 e. The van der Waals surface area contributed by atoms with Crippen molar-refractivity contribution in [3.8, 4) is 46.0 Å². The van der Waals surface area contributed by atoms with Gasteiger partial charge in [0.1, 0.15) is 65.1 Å². The number of carbonyl (C=O) groups excluding carboxylic acids is 10. The van der Waals surface area contributed by atoms with Gasteiger partial charge in [0.2, 0.25) is 29.7 Å². The van der Waals surface area contributed by atoms with Crippen LogP contribution in [-0.4, -0.2) is 125 Å². The summed E-state index contributed by atoms with van der Waals surface area (Å²) in [6.07, 6.45) is -14.9. The molecule has 2 aliphatic rings. The van der Waals surface area contributed by atoms with Crippen LogP contribution in [0.25, 0.3) is 43.1 Å². The Balaban J connectivity index is 1.25. The number of hydrogen-bond acceptors (Lipinski definition) is 14. The number of ether oxygens (including phenoxy) is 4. The van der Waals surface area contributed by atoms with Gasteiger partial charge in [0.15, 0.2) is 11.6 Å². The molecule has 2 heterocycles. The van der Waals surface area contributed by atoms with Crippen molar-refractivity contribution in [2.24, 2.45) is 0 Å². The number of nitrogens with one attached hydrogen (secondary N) is 4. The molecule has 20 nitrogen and oxygen atoms in total. The largest absolute Gasteiger partial charge is 0.457 e. The molecule has 4 N–H and O–H groups in total. The molecule has 29 heteroatoms. The van der Waals surface area contributed by atoms with E-state index in [1.54, 1.807) is 67.7 Å². The van der Waals surface area contributed by atoms with E-state index < -0.39 is 113 Å². The third-order valence-electron chi connectivity index (χ3n) is 19.0. The number of benzene rings is 9. The van der Waals surface area contributed by atoms with Gasteiger partial charge in [0.05, 0.1) is 22.3 Å². The lowest BCUT2D eigenvalue weighted by Crippen LogP contribution is -2.57. The Morgan fingerprint density at radius 2 is 0.655 bits per heavy atom. The van der Waals surface area contributed by atoms with Crippen molar-refractivity contribution >= 4 is 102 Å². The fourth-order valence-electron chi connectivity index (χ4n) is 13.1. The summed E-state index contributed by atoms with van der Waals surface area (Å²) < 4.78 is 155. The molecule has 9 aromatic carbocycles. The summed E-state index contributed by atoms with van der Waals surface area (Å²) in [7, 11) is 0. The zero-order chi connectivity index (χ0) is 82.0. The van der Waals surface area contributed by atoms with E-state index in [1.165, 1.54) is 74.5 Å². The smallest absolute Gasteiger partial charge is 0.417 e. The Bertz CT molecular complexity index is 5150. The Hall–Kier alpha value is -12.7. The predicted molar refractivity (Wildman–Crippen MR) is 401 cm³/mol. The fourth-order valence-corrected chi connectivity index (χ4v) is 13.1. The molecule has 9 aromatic rings. The number of Topliss-reactive ketones (excluding diaryl/α,β-unsaturated/α-hetero) is 2. The predicted octanol–water partition coefficient (Wildman–Crippen LogP) is 16.2. The van der Waals surface area contributed by atoms with Crippen LogP contribution in [0.3, 0.4) is 0 Å². The van der Waals surface area contributed by atoms with Crippen LogP contribution in [0, 0.1) is 0 Å². The van der Waals surface area contributed by atoms with Gasteiger partial charge in [-0.2, -0.15) is 39.5 Å². The van der Waals surface area contributed by atoms with Crippen molar-refractivity contribution in [2.45, 2.75) is 117 Å². The molecule has 0 saturated heterocycles. The molecule has 0 radical (unpaired) electrons. The van der Waals surface area contributed by atoms with E-state index in [-0.39, 0.29) is 155 Å². The van der Waals surface area contributed by atoms with Crippen LogP contribution < -0.4 is 40.2 Å². The molecule has 0 spiro atoms. The van der Waals surface area contributed by atoms with Crippen molar-refractivity contribution in [1.82, 2.24) is 31.1 Å². The van der Waals surface area contributed by atoms with E-state index in [1.807, 2.05) is 0 Å². The maximum atomic E-state index is 15.6. The summed E-state index contributed by atoms with van der Waals surface area (Å²) in [6.45, 7) is 18.9. The molecule has 586 valence electrons. The number of imide groups is 2. The van der Waals surface area contributed by atoms with E-state index in [0.29, 0.717) is 70.9 Å². The molecule has 1 atom stereocenters. The summed E-state index contributed by atoms with van der Waals surface area (Å²) in [5, 5.41) is 6.76. The van der Waals surface area contributed by atoms with E-state index in [4.69, 9.17) is 18.9 Å². The Morgan fingerprint density at radius 3 is 0.912 bits per heavy atom. The normalized spacial score (nSPS) is 13.2. The Morgan fingerprint density at radius 1 is 0.381 bits per heavy atom. The lowest BCUT2D eigenvalue weighted by molar-refractivity contribution is -0.257. The number of ketones is 2. The second-order valence-electron chi connectivity index (χ2n) is 27.7. The molecule has 11 rings (SSSR count). The van der Waals surface area contributed by atoms with Crippen LogP contribution in [0.2, 0.25) is 0 Å². The van der Waals surface area contributed by atoms with Crippen molar-refractivity contribution in [3.63, 3.8) is 0 Å². The summed E-state index contributed by atoms with van der Waals surface area (Å²) in [4.78, 5) is 141. The second kappa shape index (κ2) is 32.7. The summed E-state index contributed by atoms with van der Waals surface area (Å²) in [5.41, 5.74) is 1.96. The highest BCUT2D eigenvalue weighted by Crippen LogP contribution is 2.58. The highest BCUT2D eigenvalue weighted by molar-refractivity contribution is 6.45. The van der Waals surface area contributed by atoms with E-state index in [2.05, 4.69) is 36.9 Å².